The summed E-state index contributed by atoms with van der Waals surface area (Å²) in [6.07, 6.45) is 2.85. The number of amides is 2. The molecule has 0 spiro atoms. The Morgan fingerprint density at radius 1 is 1.50 bits per heavy atom. The first-order valence-corrected chi connectivity index (χ1v) is 9.54. The van der Waals surface area contributed by atoms with Gasteiger partial charge in [-0.05, 0) is 25.8 Å². The quantitative estimate of drug-likeness (QED) is 0.811. The fraction of sp³-hybridized carbons (Fsp3) is 0.400. The van der Waals surface area contributed by atoms with Gasteiger partial charge in [0, 0.05) is 16.3 Å². The van der Waals surface area contributed by atoms with Crippen molar-refractivity contribution < 1.29 is 14.0 Å². The Bertz CT molecular complexity index is 777. The first kappa shape index (κ1) is 17.3. The fourth-order valence-corrected chi connectivity index (χ4v) is 4.68. The van der Waals surface area contributed by atoms with Crippen LogP contribution in [0, 0.1) is 12.1 Å². The molecule has 3 rings (SSSR count). The molecule has 2 aromatic heterocycles. The van der Waals surface area contributed by atoms with Crippen LogP contribution in [0.2, 0.25) is 0 Å². The van der Waals surface area contributed by atoms with Gasteiger partial charge in [-0.25, -0.2) is 4.98 Å². The maximum absolute atomic E-state index is 13.0. The lowest BCUT2D eigenvalue weighted by Gasteiger charge is -2.22. The van der Waals surface area contributed by atoms with E-state index in [-0.39, 0.29) is 28.9 Å². The number of alkyl halides is 1. The standard InChI is InChI=1S/C15H15ClFN3O2S2/c1-8-9(14(22)19-15-18-7-12(17)24-15)5-11(23-8)10-3-2-4-20(10)13(21)6-16/h5,7,10H,2-4,6H2,1H3,(H,18,19,22). The summed E-state index contributed by atoms with van der Waals surface area (Å²) in [7, 11) is 0. The van der Waals surface area contributed by atoms with Gasteiger partial charge in [-0.15, -0.1) is 22.9 Å². The summed E-state index contributed by atoms with van der Waals surface area (Å²) < 4.78 is 13.0. The molecule has 1 N–H and O–H groups in total. The summed E-state index contributed by atoms with van der Waals surface area (Å²) in [6.45, 7) is 2.54. The maximum Gasteiger partial charge on any atom is 0.258 e. The van der Waals surface area contributed by atoms with Gasteiger partial charge in [0.25, 0.3) is 5.91 Å². The maximum atomic E-state index is 13.0. The van der Waals surface area contributed by atoms with Gasteiger partial charge in [0.2, 0.25) is 5.91 Å². The fourth-order valence-electron chi connectivity index (χ4n) is 2.81. The minimum absolute atomic E-state index is 0.0289. The number of nitrogens with zero attached hydrogens (tertiary/aromatic N) is 2. The molecule has 1 saturated heterocycles. The van der Waals surface area contributed by atoms with Crippen molar-refractivity contribution >= 4 is 51.2 Å². The second kappa shape index (κ2) is 7.16. The highest BCUT2D eigenvalue weighted by Crippen LogP contribution is 2.37. The normalized spacial score (nSPS) is 17.3. The number of anilines is 1. The van der Waals surface area contributed by atoms with E-state index in [4.69, 9.17) is 11.6 Å². The number of carbonyl (C=O) groups is 2. The van der Waals surface area contributed by atoms with Gasteiger partial charge in [-0.2, -0.15) is 4.39 Å². The van der Waals surface area contributed by atoms with E-state index in [1.807, 2.05) is 13.0 Å². The van der Waals surface area contributed by atoms with E-state index in [0.717, 1.165) is 40.1 Å². The molecular weight excluding hydrogens is 373 g/mol. The molecule has 9 heteroatoms. The molecule has 0 aromatic carbocycles. The van der Waals surface area contributed by atoms with Gasteiger partial charge < -0.3 is 4.90 Å². The van der Waals surface area contributed by atoms with E-state index in [9.17, 15) is 14.0 Å². The van der Waals surface area contributed by atoms with Gasteiger partial charge in [-0.1, -0.05) is 11.3 Å². The second-order valence-electron chi connectivity index (χ2n) is 5.42. The van der Waals surface area contributed by atoms with Crippen molar-refractivity contribution in [1.82, 2.24) is 9.88 Å². The predicted molar refractivity (Wildman–Crippen MR) is 93.5 cm³/mol. The Morgan fingerprint density at radius 2 is 2.29 bits per heavy atom. The minimum atomic E-state index is -0.450. The van der Waals surface area contributed by atoms with E-state index in [1.54, 1.807) is 4.90 Å². The van der Waals surface area contributed by atoms with Crippen LogP contribution in [0.5, 0.6) is 0 Å². The zero-order chi connectivity index (χ0) is 17.3. The van der Waals surface area contributed by atoms with E-state index >= 15 is 0 Å². The van der Waals surface area contributed by atoms with Crippen LogP contribution in [-0.2, 0) is 4.79 Å². The molecular formula is C15H15ClFN3O2S2. The number of thiazole rings is 1. The largest absolute Gasteiger partial charge is 0.334 e. The van der Waals surface area contributed by atoms with Gasteiger partial charge >= 0.3 is 0 Å². The van der Waals surface area contributed by atoms with Crippen LogP contribution in [0.1, 0.15) is 39.0 Å². The summed E-state index contributed by atoms with van der Waals surface area (Å²) in [5.74, 6) is -0.448. The van der Waals surface area contributed by atoms with E-state index in [1.165, 1.54) is 11.3 Å². The zero-order valence-electron chi connectivity index (χ0n) is 12.8. The zero-order valence-corrected chi connectivity index (χ0v) is 15.2. The number of likely N-dealkylation sites (tertiary alicyclic amines) is 1. The van der Waals surface area contributed by atoms with Crippen molar-refractivity contribution in [3.8, 4) is 0 Å². The van der Waals surface area contributed by atoms with E-state index in [0.29, 0.717) is 12.1 Å². The van der Waals surface area contributed by atoms with Crippen LogP contribution in [0.15, 0.2) is 12.3 Å². The summed E-state index contributed by atoms with van der Waals surface area (Å²) in [6, 6.07) is 1.78. The van der Waals surface area contributed by atoms with Crippen molar-refractivity contribution in [3.63, 3.8) is 0 Å². The Hall–Kier alpha value is -1.51. The summed E-state index contributed by atoms with van der Waals surface area (Å²) >= 11 is 7.96. The third-order valence-electron chi connectivity index (χ3n) is 3.90. The number of carbonyl (C=O) groups excluding carboxylic acids is 2. The highest BCUT2D eigenvalue weighted by atomic mass is 35.5. The van der Waals surface area contributed by atoms with Gasteiger partial charge in [0.05, 0.1) is 17.8 Å². The minimum Gasteiger partial charge on any atom is -0.334 e. The lowest BCUT2D eigenvalue weighted by Crippen LogP contribution is -2.31. The second-order valence-corrected chi connectivity index (χ2v) is 7.96. The molecule has 2 aromatic rings. The number of rotatable bonds is 4. The van der Waals surface area contributed by atoms with Crippen molar-refractivity contribution in [1.29, 1.82) is 0 Å². The first-order chi connectivity index (χ1) is 11.5. The van der Waals surface area contributed by atoms with Crippen molar-refractivity contribution in [2.24, 2.45) is 0 Å². The Kier molecular flexibility index (Phi) is 5.17. The number of nitrogens with one attached hydrogen (secondary N) is 1. The molecule has 24 heavy (non-hydrogen) atoms. The number of aromatic nitrogens is 1. The van der Waals surface area contributed by atoms with Crippen LogP contribution in [0.3, 0.4) is 0 Å². The molecule has 1 aliphatic rings. The molecule has 0 saturated carbocycles. The molecule has 0 radical (unpaired) electrons. The highest BCUT2D eigenvalue weighted by molar-refractivity contribution is 7.14. The molecule has 0 bridgehead atoms. The molecule has 1 aliphatic heterocycles. The van der Waals surface area contributed by atoms with Gasteiger partial charge in [-0.3, -0.25) is 14.9 Å². The lowest BCUT2D eigenvalue weighted by molar-refractivity contribution is -0.129. The summed E-state index contributed by atoms with van der Waals surface area (Å²) in [5.41, 5.74) is 0.524. The molecule has 128 valence electrons. The molecule has 5 nitrogen and oxygen atoms in total. The van der Waals surface area contributed by atoms with Crippen molar-refractivity contribution in [2.45, 2.75) is 25.8 Å². The number of hydrogen-bond acceptors (Lipinski definition) is 5. The van der Waals surface area contributed by atoms with Crippen LogP contribution < -0.4 is 5.32 Å². The molecule has 1 atom stereocenters. The van der Waals surface area contributed by atoms with Crippen LogP contribution in [-0.4, -0.2) is 34.1 Å². The third-order valence-corrected chi connectivity index (χ3v) is 5.98. The Labute approximate surface area is 151 Å². The van der Waals surface area contributed by atoms with E-state index < -0.39 is 5.13 Å². The SMILES string of the molecule is Cc1sc(C2CCCN2C(=O)CCl)cc1C(=O)Nc1ncc(F)s1. The van der Waals surface area contributed by atoms with Crippen molar-refractivity contribution in [2.75, 3.05) is 17.7 Å². The summed E-state index contributed by atoms with van der Waals surface area (Å²) in [5, 5.41) is 2.38. The molecule has 1 fully saturated rings. The number of thiophene rings is 1. The predicted octanol–water partition coefficient (Wildman–Crippen LogP) is 3.81. The van der Waals surface area contributed by atoms with Crippen LogP contribution in [0.25, 0.3) is 0 Å². The van der Waals surface area contributed by atoms with Gasteiger partial charge in [0.15, 0.2) is 10.3 Å². The Balaban J connectivity index is 1.79. The van der Waals surface area contributed by atoms with Crippen LogP contribution in [0.4, 0.5) is 9.52 Å². The topological polar surface area (TPSA) is 62.3 Å². The lowest BCUT2D eigenvalue weighted by atomic mass is 10.1. The van der Waals surface area contributed by atoms with E-state index in [2.05, 4.69) is 10.3 Å². The van der Waals surface area contributed by atoms with Crippen molar-refractivity contribution in [3.05, 3.63) is 32.7 Å². The third kappa shape index (κ3) is 3.45. The number of hydrogen-bond donors (Lipinski definition) is 1. The molecule has 1 unspecified atom stereocenters. The number of halogens is 2. The highest BCUT2D eigenvalue weighted by Gasteiger charge is 2.31. The average Bonchev–Trinajstić information content (AvgIpc) is 3.26. The van der Waals surface area contributed by atoms with Crippen LogP contribution >= 0.6 is 34.3 Å². The molecule has 0 aliphatic carbocycles. The molecule has 2 amide bonds. The average molecular weight is 388 g/mol. The Morgan fingerprint density at radius 3 is 2.96 bits per heavy atom. The molecule has 3 heterocycles. The smallest absolute Gasteiger partial charge is 0.258 e. The monoisotopic (exact) mass is 387 g/mol. The van der Waals surface area contributed by atoms with Gasteiger partial charge in [0.1, 0.15) is 5.88 Å². The number of aryl methyl sites for hydroxylation is 1. The first-order valence-electron chi connectivity index (χ1n) is 7.38. The summed E-state index contributed by atoms with van der Waals surface area (Å²) in [4.78, 5) is 31.7.